The number of nitrogens with zero attached hydrogens (tertiary/aromatic N) is 2. The average Bonchev–Trinajstić information content (AvgIpc) is 2.84. The van der Waals surface area contributed by atoms with Gasteiger partial charge in [-0.05, 0) is 32.8 Å². The second-order valence-electron chi connectivity index (χ2n) is 5.11. The van der Waals surface area contributed by atoms with Crippen molar-refractivity contribution in [3.05, 3.63) is 53.2 Å². The second-order valence-corrected chi connectivity index (χ2v) is 5.11. The molecule has 1 heterocycles. The van der Waals surface area contributed by atoms with Gasteiger partial charge in [0.25, 0.3) is 0 Å². The highest BCUT2D eigenvalue weighted by Gasteiger charge is 2.05. The highest BCUT2D eigenvalue weighted by Crippen LogP contribution is 2.08. The number of rotatable bonds is 6. The number of aryl methyl sites for hydroxylation is 2. The van der Waals surface area contributed by atoms with Gasteiger partial charge in [-0.3, -0.25) is 0 Å². The molecule has 0 spiro atoms. The van der Waals surface area contributed by atoms with Gasteiger partial charge in [-0.2, -0.15) is 0 Å². The Kier molecular flexibility index (Phi) is 8.68. The van der Waals surface area contributed by atoms with Gasteiger partial charge in [0.1, 0.15) is 12.3 Å². The number of benzene rings is 1. The SMILES string of the molecule is CCNC(=NCc1nc(C)c(C)o1)NCCc1ccccc1.I. The molecule has 0 bridgehead atoms. The fourth-order valence-electron chi connectivity index (χ4n) is 2.07. The zero-order chi connectivity index (χ0) is 15.8. The van der Waals surface area contributed by atoms with Gasteiger partial charge in [-0.15, -0.1) is 24.0 Å². The summed E-state index contributed by atoms with van der Waals surface area (Å²) in [6, 6.07) is 10.4. The zero-order valence-electron chi connectivity index (χ0n) is 13.9. The molecule has 0 radical (unpaired) electrons. The third-order valence-corrected chi connectivity index (χ3v) is 3.34. The van der Waals surface area contributed by atoms with Crippen molar-refractivity contribution >= 4 is 29.9 Å². The van der Waals surface area contributed by atoms with Crippen LogP contribution in [-0.4, -0.2) is 24.0 Å². The fourth-order valence-corrected chi connectivity index (χ4v) is 2.07. The van der Waals surface area contributed by atoms with Crippen LogP contribution in [0.2, 0.25) is 0 Å². The predicted molar refractivity (Wildman–Crippen MR) is 104 cm³/mol. The molecule has 23 heavy (non-hydrogen) atoms. The normalized spacial score (nSPS) is 11.0. The summed E-state index contributed by atoms with van der Waals surface area (Å²) in [7, 11) is 0. The minimum absolute atomic E-state index is 0. The summed E-state index contributed by atoms with van der Waals surface area (Å²) in [6.07, 6.45) is 0.961. The number of nitrogens with one attached hydrogen (secondary N) is 2. The van der Waals surface area contributed by atoms with E-state index in [1.165, 1.54) is 5.56 Å². The molecular weight excluding hydrogens is 403 g/mol. The van der Waals surface area contributed by atoms with Gasteiger partial charge in [0.15, 0.2) is 5.96 Å². The van der Waals surface area contributed by atoms with Crippen LogP contribution in [0.5, 0.6) is 0 Å². The lowest BCUT2D eigenvalue weighted by molar-refractivity contribution is 0.473. The molecule has 2 rings (SSSR count). The van der Waals surface area contributed by atoms with Crippen molar-refractivity contribution in [1.82, 2.24) is 15.6 Å². The molecule has 1 aromatic heterocycles. The van der Waals surface area contributed by atoms with Crippen LogP contribution < -0.4 is 10.6 Å². The van der Waals surface area contributed by atoms with E-state index in [1.807, 2.05) is 26.8 Å². The molecule has 2 N–H and O–H groups in total. The molecule has 126 valence electrons. The number of guanidine groups is 1. The van der Waals surface area contributed by atoms with E-state index in [1.54, 1.807) is 0 Å². The Morgan fingerprint density at radius 3 is 2.52 bits per heavy atom. The summed E-state index contributed by atoms with van der Waals surface area (Å²) in [4.78, 5) is 8.85. The number of oxazole rings is 1. The lowest BCUT2D eigenvalue weighted by atomic mass is 10.1. The second kappa shape index (κ2) is 10.3. The number of halogens is 1. The van der Waals surface area contributed by atoms with Crippen molar-refractivity contribution in [3.8, 4) is 0 Å². The average molecular weight is 428 g/mol. The first-order valence-electron chi connectivity index (χ1n) is 7.68. The molecule has 0 aliphatic rings. The summed E-state index contributed by atoms with van der Waals surface area (Å²) >= 11 is 0. The van der Waals surface area contributed by atoms with Crippen molar-refractivity contribution in [2.75, 3.05) is 13.1 Å². The summed E-state index contributed by atoms with van der Waals surface area (Å²) in [6.45, 7) is 8.00. The van der Waals surface area contributed by atoms with Crippen LogP contribution in [0.4, 0.5) is 0 Å². The number of hydrogen-bond donors (Lipinski definition) is 2. The third-order valence-electron chi connectivity index (χ3n) is 3.34. The molecule has 0 atom stereocenters. The maximum atomic E-state index is 5.54. The minimum atomic E-state index is 0. The zero-order valence-corrected chi connectivity index (χ0v) is 16.3. The van der Waals surface area contributed by atoms with Crippen LogP contribution in [0.3, 0.4) is 0 Å². The van der Waals surface area contributed by atoms with E-state index in [2.05, 4.69) is 44.9 Å². The number of hydrogen-bond acceptors (Lipinski definition) is 3. The molecular formula is C17H25IN4O. The fraction of sp³-hybridized carbons (Fsp3) is 0.412. The smallest absolute Gasteiger partial charge is 0.216 e. The lowest BCUT2D eigenvalue weighted by Crippen LogP contribution is -2.38. The molecule has 2 aromatic rings. The molecule has 0 saturated carbocycles. The summed E-state index contributed by atoms with van der Waals surface area (Å²) in [5, 5.41) is 6.56. The summed E-state index contributed by atoms with van der Waals surface area (Å²) in [5.41, 5.74) is 2.23. The van der Waals surface area contributed by atoms with Gasteiger partial charge in [0, 0.05) is 13.1 Å². The van der Waals surface area contributed by atoms with Crippen LogP contribution in [-0.2, 0) is 13.0 Å². The third kappa shape index (κ3) is 6.60. The van der Waals surface area contributed by atoms with Crippen molar-refractivity contribution in [2.45, 2.75) is 33.7 Å². The Morgan fingerprint density at radius 1 is 1.17 bits per heavy atom. The quantitative estimate of drug-likeness (QED) is 0.422. The number of aliphatic imine (C=N–C) groups is 1. The van der Waals surface area contributed by atoms with Crippen molar-refractivity contribution in [3.63, 3.8) is 0 Å². The highest BCUT2D eigenvalue weighted by molar-refractivity contribution is 14.0. The Balaban J connectivity index is 0.00000264. The van der Waals surface area contributed by atoms with E-state index in [-0.39, 0.29) is 24.0 Å². The molecule has 6 heteroatoms. The van der Waals surface area contributed by atoms with Gasteiger partial charge in [-0.25, -0.2) is 9.98 Å². The predicted octanol–water partition coefficient (Wildman–Crippen LogP) is 3.21. The molecule has 5 nitrogen and oxygen atoms in total. The topological polar surface area (TPSA) is 62.5 Å². The standard InChI is InChI=1S/C17H24N4O.HI/c1-4-18-17(19-11-10-15-8-6-5-7-9-15)20-12-16-21-13(2)14(3)22-16;/h5-9H,4,10-12H2,1-3H3,(H2,18,19,20);1H. The molecule has 0 aliphatic carbocycles. The van der Waals surface area contributed by atoms with Gasteiger partial charge in [-0.1, -0.05) is 30.3 Å². The van der Waals surface area contributed by atoms with Crippen LogP contribution in [0.15, 0.2) is 39.7 Å². The lowest BCUT2D eigenvalue weighted by Gasteiger charge is -2.10. The van der Waals surface area contributed by atoms with Crippen LogP contribution in [0.25, 0.3) is 0 Å². The van der Waals surface area contributed by atoms with Crippen molar-refractivity contribution in [2.24, 2.45) is 4.99 Å². The molecule has 0 saturated heterocycles. The first-order chi connectivity index (χ1) is 10.7. The molecule has 0 amide bonds. The van der Waals surface area contributed by atoms with E-state index < -0.39 is 0 Å². The van der Waals surface area contributed by atoms with E-state index in [0.29, 0.717) is 12.4 Å². The Labute approximate surface area is 155 Å². The van der Waals surface area contributed by atoms with Crippen molar-refractivity contribution in [1.29, 1.82) is 0 Å². The summed E-state index contributed by atoms with van der Waals surface area (Å²) < 4.78 is 5.54. The van der Waals surface area contributed by atoms with Crippen molar-refractivity contribution < 1.29 is 4.42 Å². The first-order valence-corrected chi connectivity index (χ1v) is 7.68. The van der Waals surface area contributed by atoms with Crippen LogP contribution in [0.1, 0.15) is 29.8 Å². The first kappa shape index (κ1) is 19.5. The van der Waals surface area contributed by atoms with Gasteiger partial charge in [0.05, 0.1) is 5.69 Å². The van der Waals surface area contributed by atoms with Crippen LogP contribution >= 0.6 is 24.0 Å². The Bertz CT molecular complexity index is 591. The van der Waals surface area contributed by atoms with E-state index in [9.17, 15) is 0 Å². The largest absolute Gasteiger partial charge is 0.444 e. The van der Waals surface area contributed by atoms with Crippen LogP contribution in [0, 0.1) is 13.8 Å². The van der Waals surface area contributed by atoms with E-state index in [4.69, 9.17) is 4.42 Å². The maximum absolute atomic E-state index is 5.54. The van der Waals surface area contributed by atoms with Gasteiger partial charge < -0.3 is 15.1 Å². The molecule has 0 fully saturated rings. The van der Waals surface area contributed by atoms with E-state index in [0.717, 1.165) is 36.9 Å². The number of aromatic nitrogens is 1. The summed E-state index contributed by atoms with van der Waals surface area (Å²) in [5.74, 6) is 2.29. The molecule has 0 unspecified atom stereocenters. The van der Waals surface area contributed by atoms with E-state index >= 15 is 0 Å². The highest BCUT2D eigenvalue weighted by atomic mass is 127. The molecule has 1 aromatic carbocycles. The minimum Gasteiger partial charge on any atom is -0.444 e. The monoisotopic (exact) mass is 428 g/mol. The maximum Gasteiger partial charge on any atom is 0.216 e. The van der Waals surface area contributed by atoms with Gasteiger partial charge in [0.2, 0.25) is 5.89 Å². The molecule has 0 aliphatic heterocycles. The Hall–Kier alpha value is -1.57. The van der Waals surface area contributed by atoms with Gasteiger partial charge >= 0.3 is 0 Å². The Morgan fingerprint density at radius 2 is 1.91 bits per heavy atom.